The van der Waals surface area contributed by atoms with Gasteiger partial charge in [0.05, 0.1) is 24.0 Å². The minimum atomic E-state index is -3.37. The lowest BCUT2D eigenvalue weighted by molar-refractivity contribution is -0.140. The van der Waals surface area contributed by atoms with Crippen molar-refractivity contribution in [1.82, 2.24) is 9.62 Å². The third-order valence-electron chi connectivity index (χ3n) is 7.79. The molecule has 1 saturated heterocycles. The van der Waals surface area contributed by atoms with Gasteiger partial charge in [0.15, 0.2) is 6.61 Å². The topological polar surface area (TPSA) is 84.9 Å². The molecule has 3 fully saturated rings. The number of ether oxygens (including phenoxy) is 2. The van der Waals surface area contributed by atoms with E-state index >= 15 is 0 Å². The van der Waals surface area contributed by atoms with Crippen LogP contribution in [0.2, 0.25) is 0 Å². The molecule has 8 heteroatoms. The van der Waals surface area contributed by atoms with Crippen molar-refractivity contribution in [3.63, 3.8) is 0 Å². The Morgan fingerprint density at radius 2 is 1.75 bits per heavy atom. The fourth-order valence-electron chi connectivity index (χ4n) is 5.65. The molecular formula is C24H34N2O5S. The number of para-hydroxylation sites is 1. The zero-order valence-corrected chi connectivity index (χ0v) is 19.4. The number of amides is 1. The second-order valence-electron chi connectivity index (χ2n) is 9.75. The number of benzene rings is 1. The maximum Gasteiger partial charge on any atom is 0.260 e. The van der Waals surface area contributed by atoms with Crippen LogP contribution in [0.5, 0.6) is 5.75 Å². The maximum atomic E-state index is 13.2. The van der Waals surface area contributed by atoms with Crippen molar-refractivity contribution in [3.05, 3.63) is 29.8 Å². The lowest BCUT2D eigenvalue weighted by Gasteiger charge is -2.42. The number of carbonyl (C=O) groups is 1. The van der Waals surface area contributed by atoms with Gasteiger partial charge < -0.3 is 14.4 Å². The Labute approximate surface area is 190 Å². The van der Waals surface area contributed by atoms with Gasteiger partial charge in [-0.3, -0.25) is 4.79 Å². The zero-order valence-electron chi connectivity index (χ0n) is 18.6. The van der Waals surface area contributed by atoms with Crippen LogP contribution in [0.3, 0.4) is 0 Å². The van der Waals surface area contributed by atoms with Crippen LogP contribution >= 0.6 is 0 Å². The molecule has 2 saturated carbocycles. The number of fused-ring (bicyclic) bond motifs is 5. The van der Waals surface area contributed by atoms with Gasteiger partial charge in [0.2, 0.25) is 10.0 Å². The SMILES string of the molecule is O=C1COc2ccccc2C2CCC(CC2)OCC2[C@@H](NS(=O)(=O)C3CCC3)CCCN12. The van der Waals surface area contributed by atoms with Crippen molar-refractivity contribution < 1.29 is 22.7 Å². The van der Waals surface area contributed by atoms with E-state index in [2.05, 4.69) is 10.8 Å². The van der Waals surface area contributed by atoms with Gasteiger partial charge in [-0.1, -0.05) is 24.6 Å². The largest absolute Gasteiger partial charge is 0.483 e. The van der Waals surface area contributed by atoms with Gasteiger partial charge in [-0.25, -0.2) is 13.1 Å². The van der Waals surface area contributed by atoms with Crippen LogP contribution in [0.4, 0.5) is 0 Å². The molecule has 1 unspecified atom stereocenters. The molecule has 1 amide bonds. The molecule has 3 heterocycles. The molecule has 6 rings (SSSR count). The summed E-state index contributed by atoms with van der Waals surface area (Å²) in [6.45, 7) is 0.935. The summed E-state index contributed by atoms with van der Waals surface area (Å²) in [6.07, 6.45) is 8.07. The van der Waals surface area contributed by atoms with Crippen molar-refractivity contribution in [2.45, 2.75) is 87.1 Å². The van der Waals surface area contributed by atoms with E-state index in [-0.39, 0.29) is 36.0 Å². The first-order chi connectivity index (χ1) is 15.5. The molecule has 32 heavy (non-hydrogen) atoms. The Balaban J connectivity index is 1.39. The highest BCUT2D eigenvalue weighted by molar-refractivity contribution is 7.90. The van der Waals surface area contributed by atoms with Gasteiger partial charge in [-0.05, 0) is 68.9 Å². The number of nitrogens with zero attached hydrogens (tertiary/aromatic N) is 1. The van der Waals surface area contributed by atoms with E-state index < -0.39 is 10.0 Å². The minimum Gasteiger partial charge on any atom is -0.483 e. The minimum absolute atomic E-state index is 0.0360. The van der Waals surface area contributed by atoms with E-state index in [0.29, 0.717) is 19.1 Å². The van der Waals surface area contributed by atoms with Crippen molar-refractivity contribution in [2.75, 3.05) is 19.8 Å². The smallest absolute Gasteiger partial charge is 0.260 e. The molecule has 0 radical (unpaired) electrons. The van der Waals surface area contributed by atoms with Gasteiger partial charge in [-0.2, -0.15) is 0 Å². The van der Waals surface area contributed by atoms with Gasteiger partial charge in [0, 0.05) is 12.6 Å². The quantitative estimate of drug-likeness (QED) is 0.747. The van der Waals surface area contributed by atoms with Gasteiger partial charge in [0.25, 0.3) is 5.91 Å². The summed E-state index contributed by atoms with van der Waals surface area (Å²) in [5.74, 6) is 1.11. The molecule has 0 aromatic heterocycles. The fourth-order valence-corrected chi connectivity index (χ4v) is 7.49. The van der Waals surface area contributed by atoms with Gasteiger partial charge >= 0.3 is 0 Å². The van der Waals surface area contributed by atoms with Crippen LogP contribution in [0.15, 0.2) is 24.3 Å². The predicted octanol–water partition coefficient (Wildman–Crippen LogP) is 2.95. The molecule has 0 spiro atoms. The Bertz CT molecular complexity index is 924. The average Bonchev–Trinajstić information content (AvgIpc) is 2.76. The van der Waals surface area contributed by atoms with Gasteiger partial charge in [-0.15, -0.1) is 0 Å². The molecule has 2 bridgehead atoms. The third kappa shape index (κ3) is 4.54. The second-order valence-corrected chi connectivity index (χ2v) is 11.7. The first-order valence-corrected chi connectivity index (χ1v) is 13.7. The molecule has 2 aliphatic carbocycles. The van der Waals surface area contributed by atoms with E-state index in [9.17, 15) is 13.2 Å². The third-order valence-corrected chi connectivity index (χ3v) is 9.77. The lowest BCUT2D eigenvalue weighted by atomic mass is 9.82. The fraction of sp³-hybridized carbons (Fsp3) is 0.708. The van der Waals surface area contributed by atoms with Crippen LogP contribution in [-0.2, 0) is 19.6 Å². The van der Waals surface area contributed by atoms with E-state index in [0.717, 1.165) is 63.5 Å². The number of nitrogens with one attached hydrogen (secondary N) is 1. The second kappa shape index (κ2) is 9.31. The number of rotatable bonds is 3. The van der Waals surface area contributed by atoms with Crippen molar-refractivity contribution >= 4 is 15.9 Å². The molecule has 176 valence electrons. The molecule has 3 aliphatic heterocycles. The summed E-state index contributed by atoms with van der Waals surface area (Å²) in [6, 6.07) is 7.43. The molecule has 1 N–H and O–H groups in total. The maximum absolute atomic E-state index is 13.2. The number of sulfonamides is 1. The summed E-state index contributed by atoms with van der Waals surface area (Å²) < 4.78 is 41.0. The van der Waals surface area contributed by atoms with E-state index in [1.54, 1.807) is 4.90 Å². The summed E-state index contributed by atoms with van der Waals surface area (Å²) in [7, 11) is -3.37. The normalized spacial score (nSPS) is 31.9. The Morgan fingerprint density at radius 1 is 0.969 bits per heavy atom. The summed E-state index contributed by atoms with van der Waals surface area (Å²) >= 11 is 0. The summed E-state index contributed by atoms with van der Waals surface area (Å²) in [5.41, 5.74) is 1.18. The standard InChI is InChI=1S/C24H34N2O5S/c27-24-16-31-23-9-2-1-7-20(23)17-10-12-18(13-11-17)30-15-22-21(8-4-14-26(22)24)25-32(28,29)19-5-3-6-19/h1-2,7,9,17-19,21-22,25H,3-6,8,10-16H2/t17?,18?,21-,22?/m0/s1. The zero-order chi connectivity index (χ0) is 22.1. The van der Waals surface area contributed by atoms with Crippen LogP contribution in [0, 0.1) is 0 Å². The summed E-state index contributed by atoms with van der Waals surface area (Å²) in [5, 5.41) is -0.292. The van der Waals surface area contributed by atoms with Crippen molar-refractivity contribution in [2.24, 2.45) is 0 Å². The van der Waals surface area contributed by atoms with Gasteiger partial charge in [0.1, 0.15) is 5.75 Å². The number of hydrogen-bond donors (Lipinski definition) is 1. The molecular weight excluding hydrogens is 428 g/mol. The number of piperidine rings is 1. The van der Waals surface area contributed by atoms with Crippen LogP contribution in [0.25, 0.3) is 0 Å². The summed E-state index contributed by atoms with van der Waals surface area (Å²) in [4.78, 5) is 15.0. The van der Waals surface area contributed by atoms with E-state index in [4.69, 9.17) is 9.47 Å². The van der Waals surface area contributed by atoms with Crippen LogP contribution in [-0.4, -0.2) is 62.4 Å². The van der Waals surface area contributed by atoms with Crippen molar-refractivity contribution in [3.8, 4) is 5.75 Å². The predicted molar refractivity (Wildman–Crippen MR) is 121 cm³/mol. The first kappa shape index (κ1) is 22.2. The molecule has 2 atom stereocenters. The molecule has 1 aromatic rings. The molecule has 7 nitrogen and oxygen atoms in total. The number of carbonyl (C=O) groups excluding carboxylic acids is 1. The Morgan fingerprint density at radius 3 is 2.50 bits per heavy atom. The molecule has 5 aliphatic rings. The first-order valence-electron chi connectivity index (χ1n) is 12.2. The van der Waals surface area contributed by atoms with Crippen molar-refractivity contribution in [1.29, 1.82) is 0 Å². The molecule has 1 aromatic carbocycles. The highest BCUT2D eigenvalue weighted by Crippen LogP contribution is 2.39. The lowest BCUT2D eigenvalue weighted by Crippen LogP contribution is -2.60. The van der Waals surface area contributed by atoms with E-state index in [1.165, 1.54) is 5.56 Å². The highest BCUT2D eigenvalue weighted by atomic mass is 32.2. The van der Waals surface area contributed by atoms with Crippen LogP contribution in [0.1, 0.15) is 69.3 Å². The van der Waals surface area contributed by atoms with E-state index in [1.807, 2.05) is 18.2 Å². The van der Waals surface area contributed by atoms with Crippen LogP contribution < -0.4 is 9.46 Å². The monoisotopic (exact) mass is 462 g/mol. The Hall–Kier alpha value is -1.64. The Kier molecular flexibility index (Phi) is 6.45. The number of hydrogen-bond acceptors (Lipinski definition) is 5. The highest BCUT2D eigenvalue weighted by Gasteiger charge is 2.40. The average molecular weight is 463 g/mol.